The number of nitrogens with one attached hydrogen (secondary N) is 1. The molecule has 18 heavy (non-hydrogen) atoms. The highest BCUT2D eigenvalue weighted by Gasteiger charge is 2.23. The van der Waals surface area contributed by atoms with E-state index in [1.165, 1.54) is 0 Å². The Hall–Kier alpha value is -1.56. The SMILES string of the molecule is O=C(Nc1ccc(F)c(F)c1F)C1CCCOC1. The van der Waals surface area contributed by atoms with Gasteiger partial charge in [-0.25, -0.2) is 13.2 Å². The number of halogens is 3. The van der Waals surface area contributed by atoms with Gasteiger partial charge >= 0.3 is 0 Å². The lowest BCUT2D eigenvalue weighted by molar-refractivity contribution is -0.123. The van der Waals surface area contributed by atoms with Gasteiger partial charge in [-0.15, -0.1) is 0 Å². The van der Waals surface area contributed by atoms with Gasteiger partial charge in [0.1, 0.15) is 0 Å². The third-order valence-corrected chi connectivity index (χ3v) is 2.82. The molecule has 6 heteroatoms. The zero-order valence-corrected chi connectivity index (χ0v) is 9.51. The molecule has 1 saturated heterocycles. The standard InChI is InChI=1S/C12H12F3NO2/c13-8-3-4-9(11(15)10(8)14)16-12(17)7-2-1-5-18-6-7/h3-4,7H,1-2,5-6H2,(H,16,17). The Bertz CT molecular complexity index is 459. The lowest BCUT2D eigenvalue weighted by Gasteiger charge is -2.21. The Balaban J connectivity index is 2.09. The molecule has 1 fully saturated rings. The number of hydrogen-bond donors (Lipinski definition) is 1. The molecular weight excluding hydrogens is 247 g/mol. The second-order valence-electron chi connectivity index (χ2n) is 4.13. The Labute approximate surface area is 102 Å². The van der Waals surface area contributed by atoms with Crippen molar-refractivity contribution in [2.75, 3.05) is 18.5 Å². The third-order valence-electron chi connectivity index (χ3n) is 2.82. The van der Waals surface area contributed by atoms with Gasteiger partial charge in [0.05, 0.1) is 18.2 Å². The summed E-state index contributed by atoms with van der Waals surface area (Å²) in [7, 11) is 0. The Morgan fingerprint density at radius 1 is 1.28 bits per heavy atom. The number of benzene rings is 1. The van der Waals surface area contributed by atoms with E-state index in [1.54, 1.807) is 0 Å². The van der Waals surface area contributed by atoms with Crippen molar-refractivity contribution >= 4 is 11.6 Å². The summed E-state index contributed by atoms with van der Waals surface area (Å²) in [5, 5.41) is 2.25. The molecule has 0 aliphatic carbocycles. The summed E-state index contributed by atoms with van der Waals surface area (Å²) in [4.78, 5) is 11.7. The van der Waals surface area contributed by atoms with Gasteiger partial charge in [0.15, 0.2) is 17.5 Å². The van der Waals surface area contributed by atoms with E-state index in [9.17, 15) is 18.0 Å². The second kappa shape index (κ2) is 5.39. The summed E-state index contributed by atoms with van der Waals surface area (Å²) >= 11 is 0. The summed E-state index contributed by atoms with van der Waals surface area (Å²) < 4.78 is 44.1. The number of rotatable bonds is 2. The van der Waals surface area contributed by atoms with Crippen LogP contribution in [-0.2, 0) is 9.53 Å². The molecule has 98 valence electrons. The van der Waals surface area contributed by atoms with Crippen LogP contribution in [0.1, 0.15) is 12.8 Å². The van der Waals surface area contributed by atoms with Gasteiger partial charge in [-0.05, 0) is 25.0 Å². The van der Waals surface area contributed by atoms with Gasteiger partial charge in [-0.3, -0.25) is 4.79 Å². The molecular formula is C12H12F3NO2. The third kappa shape index (κ3) is 2.64. The minimum atomic E-state index is -1.59. The second-order valence-corrected chi connectivity index (χ2v) is 4.13. The maximum atomic E-state index is 13.3. The van der Waals surface area contributed by atoms with Crippen LogP contribution in [0.2, 0.25) is 0 Å². The molecule has 2 rings (SSSR count). The first-order valence-electron chi connectivity index (χ1n) is 5.61. The van der Waals surface area contributed by atoms with E-state index in [0.717, 1.165) is 18.6 Å². The highest BCUT2D eigenvalue weighted by molar-refractivity contribution is 5.92. The predicted molar refractivity (Wildman–Crippen MR) is 58.5 cm³/mol. The number of anilines is 1. The molecule has 0 bridgehead atoms. The van der Waals surface area contributed by atoms with Gasteiger partial charge in [-0.2, -0.15) is 0 Å². The summed E-state index contributed by atoms with van der Waals surface area (Å²) in [6.45, 7) is 0.862. The molecule has 1 unspecified atom stereocenters. The lowest BCUT2D eigenvalue weighted by Crippen LogP contribution is -2.30. The highest BCUT2D eigenvalue weighted by atomic mass is 19.2. The Morgan fingerprint density at radius 2 is 2.06 bits per heavy atom. The van der Waals surface area contributed by atoms with Crippen LogP contribution in [-0.4, -0.2) is 19.1 Å². The van der Waals surface area contributed by atoms with E-state index in [4.69, 9.17) is 4.74 Å². The van der Waals surface area contributed by atoms with Crippen LogP contribution in [0.25, 0.3) is 0 Å². The summed E-state index contributed by atoms with van der Waals surface area (Å²) in [6, 6.07) is 1.76. The van der Waals surface area contributed by atoms with Crippen molar-refractivity contribution in [1.82, 2.24) is 0 Å². The zero-order valence-electron chi connectivity index (χ0n) is 9.51. The maximum absolute atomic E-state index is 13.3. The van der Waals surface area contributed by atoms with Crippen LogP contribution in [0, 0.1) is 23.4 Å². The first-order chi connectivity index (χ1) is 8.59. The molecule has 3 nitrogen and oxygen atoms in total. The monoisotopic (exact) mass is 259 g/mol. The van der Waals surface area contributed by atoms with E-state index >= 15 is 0 Å². The summed E-state index contributed by atoms with van der Waals surface area (Å²) in [6.07, 6.45) is 1.38. The molecule has 0 aromatic heterocycles. The van der Waals surface area contributed by atoms with Crippen molar-refractivity contribution in [1.29, 1.82) is 0 Å². The minimum Gasteiger partial charge on any atom is -0.381 e. The number of hydrogen-bond acceptors (Lipinski definition) is 2. The van der Waals surface area contributed by atoms with Crippen molar-refractivity contribution < 1.29 is 22.7 Å². The summed E-state index contributed by atoms with van der Waals surface area (Å²) in [5.74, 6) is -5.09. The fourth-order valence-electron chi connectivity index (χ4n) is 1.80. The largest absolute Gasteiger partial charge is 0.381 e. The van der Waals surface area contributed by atoms with Gasteiger partial charge < -0.3 is 10.1 Å². The highest BCUT2D eigenvalue weighted by Crippen LogP contribution is 2.21. The van der Waals surface area contributed by atoms with Crippen LogP contribution < -0.4 is 5.32 Å². The molecule has 1 heterocycles. The van der Waals surface area contributed by atoms with Crippen LogP contribution in [0.4, 0.5) is 18.9 Å². The van der Waals surface area contributed by atoms with E-state index < -0.39 is 23.4 Å². The van der Waals surface area contributed by atoms with E-state index in [-0.39, 0.29) is 18.2 Å². The molecule has 1 amide bonds. The molecule has 1 N–H and O–H groups in total. The van der Waals surface area contributed by atoms with Crippen molar-refractivity contribution in [2.24, 2.45) is 5.92 Å². The number of amides is 1. The lowest BCUT2D eigenvalue weighted by atomic mass is 10.0. The topological polar surface area (TPSA) is 38.3 Å². The van der Waals surface area contributed by atoms with Gasteiger partial charge in [0.2, 0.25) is 5.91 Å². The first kappa shape index (κ1) is 12.9. The van der Waals surface area contributed by atoms with Crippen molar-refractivity contribution in [2.45, 2.75) is 12.8 Å². The maximum Gasteiger partial charge on any atom is 0.229 e. The number of carbonyl (C=O) groups is 1. The molecule has 1 aliphatic rings. The Morgan fingerprint density at radius 3 is 2.72 bits per heavy atom. The number of ether oxygens (including phenoxy) is 1. The molecule has 0 radical (unpaired) electrons. The molecule has 1 aromatic carbocycles. The molecule has 1 aliphatic heterocycles. The fraction of sp³-hybridized carbons (Fsp3) is 0.417. The van der Waals surface area contributed by atoms with Crippen LogP contribution >= 0.6 is 0 Å². The van der Waals surface area contributed by atoms with Gasteiger partial charge in [0.25, 0.3) is 0 Å². The van der Waals surface area contributed by atoms with Crippen molar-refractivity contribution in [3.63, 3.8) is 0 Å². The van der Waals surface area contributed by atoms with Gasteiger partial charge in [-0.1, -0.05) is 0 Å². The van der Waals surface area contributed by atoms with Crippen molar-refractivity contribution in [3.05, 3.63) is 29.6 Å². The van der Waals surface area contributed by atoms with E-state index in [0.29, 0.717) is 13.0 Å². The van der Waals surface area contributed by atoms with Crippen molar-refractivity contribution in [3.8, 4) is 0 Å². The average Bonchev–Trinajstić information content (AvgIpc) is 2.40. The average molecular weight is 259 g/mol. The first-order valence-corrected chi connectivity index (χ1v) is 5.61. The van der Waals surface area contributed by atoms with Crippen LogP contribution in [0.5, 0.6) is 0 Å². The fourth-order valence-corrected chi connectivity index (χ4v) is 1.80. The quantitative estimate of drug-likeness (QED) is 0.828. The molecule has 0 saturated carbocycles. The van der Waals surface area contributed by atoms with E-state index in [1.807, 2.05) is 0 Å². The molecule has 1 aromatic rings. The smallest absolute Gasteiger partial charge is 0.229 e. The van der Waals surface area contributed by atoms with Crippen LogP contribution in [0.3, 0.4) is 0 Å². The summed E-state index contributed by atoms with van der Waals surface area (Å²) in [5.41, 5.74) is -0.357. The molecule has 0 spiro atoms. The van der Waals surface area contributed by atoms with Crippen LogP contribution in [0.15, 0.2) is 12.1 Å². The number of carbonyl (C=O) groups excluding carboxylic acids is 1. The molecule has 1 atom stereocenters. The van der Waals surface area contributed by atoms with Gasteiger partial charge in [0, 0.05) is 6.61 Å². The predicted octanol–water partition coefficient (Wildman–Crippen LogP) is 2.47. The Kier molecular flexibility index (Phi) is 3.86. The minimum absolute atomic E-state index is 0.261. The van der Waals surface area contributed by atoms with E-state index in [2.05, 4.69) is 5.32 Å². The zero-order chi connectivity index (χ0) is 13.1. The normalized spacial score (nSPS) is 19.6.